The maximum absolute atomic E-state index is 12.8. The number of carbonyl (C=O) groups is 1. The fourth-order valence-electron chi connectivity index (χ4n) is 3.55. The number of phenolic OH excluding ortho intramolecular Hbond substituents is 1. The van der Waals surface area contributed by atoms with Crippen LogP contribution in [0.25, 0.3) is 0 Å². The second-order valence-electron chi connectivity index (χ2n) is 7.57. The number of rotatable bonds is 3. The molecule has 2 aliphatic rings. The molecular formula is C20H26N2O7. The molecule has 0 aromatic heterocycles. The quantitative estimate of drug-likeness (QED) is 0.513. The first kappa shape index (κ1) is 22.2. The van der Waals surface area contributed by atoms with Gasteiger partial charge in [0.25, 0.3) is 5.88 Å². The van der Waals surface area contributed by atoms with Gasteiger partial charge in [0.05, 0.1) is 17.6 Å². The second kappa shape index (κ2) is 8.52. The van der Waals surface area contributed by atoms with E-state index in [1.165, 1.54) is 25.3 Å². The minimum absolute atomic E-state index is 0.103. The minimum atomic E-state index is -0.980. The first-order chi connectivity index (χ1) is 13.6. The molecule has 1 atom stereocenters. The van der Waals surface area contributed by atoms with Crippen LogP contribution in [0.1, 0.15) is 45.1 Å². The van der Waals surface area contributed by atoms with Gasteiger partial charge in [0.15, 0.2) is 17.3 Å². The average Bonchev–Trinajstić information content (AvgIpc) is 2.60. The van der Waals surface area contributed by atoms with Gasteiger partial charge in [-0.25, -0.2) is 0 Å². The molecule has 1 aliphatic carbocycles. The van der Waals surface area contributed by atoms with Crippen LogP contribution in [-0.2, 0) is 9.53 Å². The van der Waals surface area contributed by atoms with Crippen molar-refractivity contribution in [3.05, 3.63) is 56.8 Å². The van der Waals surface area contributed by atoms with Crippen molar-refractivity contribution in [2.24, 2.45) is 11.1 Å². The molecule has 0 saturated heterocycles. The number of ketones is 1. The summed E-state index contributed by atoms with van der Waals surface area (Å²) in [4.78, 5) is 23.8. The van der Waals surface area contributed by atoms with Gasteiger partial charge in [-0.3, -0.25) is 14.9 Å². The maximum Gasteiger partial charge on any atom is 0.317 e. The number of nitrogens with two attached hydrogens (primary N) is 1. The molecule has 158 valence electrons. The van der Waals surface area contributed by atoms with Gasteiger partial charge in [-0.05, 0) is 30.0 Å². The lowest BCUT2D eigenvalue weighted by atomic mass is 9.71. The Labute approximate surface area is 168 Å². The highest BCUT2D eigenvalue weighted by atomic mass is 16.6. The van der Waals surface area contributed by atoms with Gasteiger partial charge >= 0.3 is 5.70 Å². The van der Waals surface area contributed by atoms with Crippen molar-refractivity contribution in [1.82, 2.24) is 0 Å². The molecular weight excluding hydrogens is 380 g/mol. The van der Waals surface area contributed by atoms with Gasteiger partial charge in [0, 0.05) is 19.4 Å². The van der Waals surface area contributed by atoms with Crippen LogP contribution in [0, 0.1) is 15.5 Å². The number of hydrogen-bond acceptors (Lipinski definition) is 8. The Bertz CT molecular complexity index is 887. The van der Waals surface area contributed by atoms with E-state index in [-0.39, 0.29) is 52.9 Å². The molecule has 4 N–H and O–H groups in total. The van der Waals surface area contributed by atoms with Gasteiger partial charge in [-0.15, -0.1) is 0 Å². The summed E-state index contributed by atoms with van der Waals surface area (Å²) in [6.07, 6.45) is 0.706. The van der Waals surface area contributed by atoms with E-state index < -0.39 is 10.8 Å². The maximum atomic E-state index is 12.8. The molecule has 1 aromatic rings. The molecule has 0 spiro atoms. The largest absolute Gasteiger partial charge is 0.504 e. The lowest BCUT2D eigenvalue weighted by Crippen LogP contribution is -2.35. The number of carbonyl (C=O) groups excluding carboxylic acids is 1. The van der Waals surface area contributed by atoms with Crippen LogP contribution in [0.15, 0.2) is 41.1 Å². The summed E-state index contributed by atoms with van der Waals surface area (Å²) in [7, 11) is 1.38. The van der Waals surface area contributed by atoms with Crippen LogP contribution < -0.4 is 10.5 Å². The highest BCUT2D eigenvalue weighted by Gasteiger charge is 2.47. The number of aliphatic hydroxyl groups excluding tert-OH is 1. The number of benzene rings is 1. The van der Waals surface area contributed by atoms with Crippen LogP contribution in [-0.4, -0.2) is 34.6 Å². The standard InChI is InChI=1S/C18H20N2O6.C2H6O/c1-18(2)7-11(22)15-13(8-18)26-17(19)16(20(23)24)14(15)9-4-5-10(21)12(6-9)25-3;1-2-3/h4-6,14,21H,7-8,19H2,1-3H3;3H,2H2,1H3. The summed E-state index contributed by atoms with van der Waals surface area (Å²) in [5.74, 6) is -1.09. The molecule has 0 radical (unpaired) electrons. The first-order valence-electron chi connectivity index (χ1n) is 9.12. The monoisotopic (exact) mass is 406 g/mol. The molecule has 9 heteroatoms. The smallest absolute Gasteiger partial charge is 0.317 e. The Morgan fingerprint density at radius 3 is 2.55 bits per heavy atom. The van der Waals surface area contributed by atoms with E-state index in [0.717, 1.165) is 0 Å². The fourth-order valence-corrected chi connectivity index (χ4v) is 3.55. The molecule has 29 heavy (non-hydrogen) atoms. The van der Waals surface area contributed by atoms with E-state index in [1.54, 1.807) is 6.92 Å². The number of methoxy groups -OCH3 is 1. The zero-order valence-corrected chi connectivity index (χ0v) is 16.9. The molecule has 0 saturated carbocycles. The molecule has 9 nitrogen and oxygen atoms in total. The number of allylic oxidation sites excluding steroid dienone is 2. The van der Waals surface area contributed by atoms with E-state index in [0.29, 0.717) is 17.7 Å². The molecule has 0 fully saturated rings. The summed E-state index contributed by atoms with van der Waals surface area (Å²) in [6.45, 7) is 5.79. The normalized spacial score (nSPS) is 20.3. The zero-order chi connectivity index (χ0) is 21.9. The number of Topliss-reactive ketones (excluding diaryl/α,β-unsaturated/α-hetero) is 1. The Hall–Kier alpha value is -3.07. The van der Waals surface area contributed by atoms with Crippen molar-refractivity contribution < 1.29 is 29.4 Å². The third-order valence-electron chi connectivity index (χ3n) is 4.66. The van der Waals surface area contributed by atoms with Gasteiger partial charge in [-0.1, -0.05) is 19.9 Å². The SMILES string of the molecule is CCO.COc1cc(C2C3=C(CC(C)(C)CC3=O)OC(N)=C2[N+](=O)[O-])ccc1O. The van der Waals surface area contributed by atoms with E-state index in [2.05, 4.69) is 0 Å². The number of hydrogen-bond donors (Lipinski definition) is 3. The third kappa shape index (κ3) is 4.51. The van der Waals surface area contributed by atoms with Crippen molar-refractivity contribution in [3.63, 3.8) is 0 Å². The minimum Gasteiger partial charge on any atom is -0.504 e. The lowest BCUT2D eigenvalue weighted by Gasteiger charge is -2.36. The fraction of sp³-hybridized carbons (Fsp3) is 0.450. The van der Waals surface area contributed by atoms with Crippen molar-refractivity contribution in [3.8, 4) is 11.5 Å². The van der Waals surface area contributed by atoms with Gasteiger partial charge in [0.1, 0.15) is 11.7 Å². The molecule has 3 rings (SSSR count). The summed E-state index contributed by atoms with van der Waals surface area (Å²) in [6, 6.07) is 4.36. The molecule has 1 heterocycles. The Kier molecular flexibility index (Phi) is 6.53. The summed E-state index contributed by atoms with van der Waals surface area (Å²) >= 11 is 0. The van der Waals surface area contributed by atoms with Gasteiger partial charge < -0.3 is 25.4 Å². The number of nitrogens with zero attached hydrogens (tertiary/aromatic N) is 1. The third-order valence-corrected chi connectivity index (χ3v) is 4.66. The topological polar surface area (TPSA) is 145 Å². The van der Waals surface area contributed by atoms with Crippen LogP contribution >= 0.6 is 0 Å². The predicted octanol–water partition coefficient (Wildman–Crippen LogP) is 2.56. The molecule has 1 aromatic carbocycles. The molecule has 1 aliphatic heterocycles. The van der Waals surface area contributed by atoms with Gasteiger partial charge in [-0.2, -0.15) is 0 Å². The van der Waals surface area contributed by atoms with Gasteiger partial charge in [0.2, 0.25) is 0 Å². The highest BCUT2D eigenvalue weighted by Crippen LogP contribution is 2.48. The van der Waals surface area contributed by atoms with E-state index in [1.807, 2.05) is 13.8 Å². The predicted molar refractivity (Wildman–Crippen MR) is 105 cm³/mol. The second-order valence-corrected chi connectivity index (χ2v) is 7.57. The van der Waals surface area contributed by atoms with Crippen LogP contribution in [0.2, 0.25) is 0 Å². The molecule has 1 unspecified atom stereocenters. The number of phenols is 1. The lowest BCUT2D eigenvalue weighted by molar-refractivity contribution is -0.433. The van der Waals surface area contributed by atoms with E-state index >= 15 is 0 Å². The number of nitro groups is 1. The number of aliphatic hydroxyl groups is 1. The van der Waals surface area contributed by atoms with Crippen molar-refractivity contribution in [2.75, 3.05) is 13.7 Å². The summed E-state index contributed by atoms with van der Waals surface area (Å²) in [5.41, 5.74) is 5.81. The molecule has 0 bridgehead atoms. The Balaban J connectivity index is 0.000000941. The summed E-state index contributed by atoms with van der Waals surface area (Å²) < 4.78 is 10.6. The number of aromatic hydroxyl groups is 1. The van der Waals surface area contributed by atoms with E-state index in [4.69, 9.17) is 20.3 Å². The van der Waals surface area contributed by atoms with Crippen LogP contribution in [0.5, 0.6) is 11.5 Å². The Morgan fingerprint density at radius 1 is 1.38 bits per heavy atom. The van der Waals surface area contributed by atoms with Crippen molar-refractivity contribution in [2.45, 2.75) is 39.5 Å². The average molecular weight is 406 g/mol. The van der Waals surface area contributed by atoms with Crippen molar-refractivity contribution in [1.29, 1.82) is 0 Å². The van der Waals surface area contributed by atoms with Crippen LogP contribution in [0.3, 0.4) is 0 Å². The number of ether oxygens (including phenoxy) is 2. The van der Waals surface area contributed by atoms with Crippen molar-refractivity contribution >= 4 is 5.78 Å². The Morgan fingerprint density at radius 2 is 2.00 bits per heavy atom. The van der Waals surface area contributed by atoms with E-state index in [9.17, 15) is 20.0 Å². The molecule has 0 amide bonds. The highest BCUT2D eigenvalue weighted by molar-refractivity contribution is 5.99. The first-order valence-corrected chi connectivity index (χ1v) is 9.12. The summed E-state index contributed by atoms with van der Waals surface area (Å²) in [5, 5.41) is 29.0. The zero-order valence-electron chi connectivity index (χ0n) is 16.9. The van der Waals surface area contributed by atoms with Crippen LogP contribution in [0.4, 0.5) is 0 Å².